The average Bonchev–Trinajstić information content (AvgIpc) is 2.60. The fourth-order valence-electron chi connectivity index (χ4n) is 3.09. The normalized spacial score (nSPS) is 15.0. The van der Waals surface area contributed by atoms with Gasteiger partial charge in [0.2, 0.25) is 5.91 Å². The van der Waals surface area contributed by atoms with Gasteiger partial charge in [0.25, 0.3) is 5.91 Å². The number of benzene rings is 1. The summed E-state index contributed by atoms with van der Waals surface area (Å²) in [6.45, 7) is 8.76. The van der Waals surface area contributed by atoms with E-state index in [1.165, 1.54) is 0 Å². The van der Waals surface area contributed by atoms with Crippen LogP contribution in [0.15, 0.2) is 24.3 Å². The highest BCUT2D eigenvalue weighted by molar-refractivity contribution is 5.97. The number of carbonyl (C=O) groups excluding carboxylic acids is 3. The molecule has 27 heavy (non-hydrogen) atoms. The maximum atomic E-state index is 12.8. The van der Waals surface area contributed by atoms with Crippen molar-refractivity contribution in [1.82, 2.24) is 15.5 Å². The lowest BCUT2D eigenvalue weighted by Crippen LogP contribution is -2.44. The lowest BCUT2D eigenvalue weighted by molar-refractivity contribution is -0.126. The van der Waals surface area contributed by atoms with Crippen LogP contribution in [0.25, 0.3) is 0 Å². The molecule has 1 aromatic rings. The quantitative estimate of drug-likeness (QED) is 0.740. The third-order valence-corrected chi connectivity index (χ3v) is 4.37. The zero-order valence-electron chi connectivity index (χ0n) is 16.5. The van der Waals surface area contributed by atoms with Crippen molar-refractivity contribution >= 4 is 23.5 Å². The van der Waals surface area contributed by atoms with Crippen LogP contribution in [-0.4, -0.2) is 47.9 Å². The predicted octanol–water partition coefficient (Wildman–Crippen LogP) is 2.59. The summed E-state index contributed by atoms with van der Waals surface area (Å²) in [6, 6.07) is 6.78. The van der Waals surface area contributed by atoms with E-state index in [1.54, 1.807) is 29.2 Å². The molecule has 7 nitrogen and oxygen atoms in total. The molecule has 0 bridgehead atoms. The second-order valence-electron chi connectivity index (χ2n) is 7.56. The van der Waals surface area contributed by atoms with Crippen LogP contribution in [0, 0.1) is 5.92 Å². The lowest BCUT2D eigenvalue weighted by Gasteiger charge is -2.31. The molecule has 7 heteroatoms. The van der Waals surface area contributed by atoms with Gasteiger partial charge in [0, 0.05) is 42.3 Å². The van der Waals surface area contributed by atoms with E-state index in [0.29, 0.717) is 37.2 Å². The molecule has 0 radical (unpaired) electrons. The molecule has 1 heterocycles. The molecule has 0 aliphatic carbocycles. The van der Waals surface area contributed by atoms with Crippen molar-refractivity contribution in [2.24, 2.45) is 5.92 Å². The van der Waals surface area contributed by atoms with Crippen LogP contribution in [0.2, 0.25) is 0 Å². The summed E-state index contributed by atoms with van der Waals surface area (Å²) < 4.78 is 0. The van der Waals surface area contributed by atoms with Crippen molar-refractivity contribution in [1.29, 1.82) is 0 Å². The number of likely N-dealkylation sites (tertiary alicyclic amines) is 1. The van der Waals surface area contributed by atoms with Crippen LogP contribution < -0.4 is 16.0 Å². The first-order valence-electron chi connectivity index (χ1n) is 9.53. The van der Waals surface area contributed by atoms with Crippen molar-refractivity contribution in [2.45, 2.75) is 52.6 Å². The molecule has 148 valence electrons. The second-order valence-corrected chi connectivity index (χ2v) is 7.56. The third-order valence-electron chi connectivity index (χ3n) is 4.37. The fraction of sp³-hybridized carbons (Fsp3) is 0.550. The lowest BCUT2D eigenvalue weighted by atomic mass is 9.95. The van der Waals surface area contributed by atoms with Gasteiger partial charge in [-0.25, -0.2) is 4.79 Å². The summed E-state index contributed by atoms with van der Waals surface area (Å²) in [5, 5.41) is 8.43. The van der Waals surface area contributed by atoms with E-state index in [4.69, 9.17) is 0 Å². The molecule has 0 aromatic heterocycles. The van der Waals surface area contributed by atoms with E-state index >= 15 is 0 Å². The SMILES string of the molecule is CC(C)NC(=O)Nc1cccc(C(=O)N2CCC(C(=O)NC(C)C)CC2)c1. The first kappa shape index (κ1) is 20.7. The number of hydrogen-bond donors (Lipinski definition) is 3. The van der Waals surface area contributed by atoms with E-state index in [9.17, 15) is 14.4 Å². The number of nitrogens with one attached hydrogen (secondary N) is 3. The van der Waals surface area contributed by atoms with Crippen LogP contribution >= 0.6 is 0 Å². The van der Waals surface area contributed by atoms with Gasteiger partial charge in [-0.05, 0) is 58.7 Å². The van der Waals surface area contributed by atoms with Gasteiger partial charge in [0.15, 0.2) is 0 Å². The Hall–Kier alpha value is -2.57. The number of hydrogen-bond acceptors (Lipinski definition) is 3. The molecule has 1 saturated heterocycles. The summed E-state index contributed by atoms with van der Waals surface area (Å²) in [7, 11) is 0. The zero-order chi connectivity index (χ0) is 20.0. The van der Waals surface area contributed by atoms with E-state index in [0.717, 1.165) is 0 Å². The first-order valence-corrected chi connectivity index (χ1v) is 9.53. The van der Waals surface area contributed by atoms with Crippen molar-refractivity contribution in [3.8, 4) is 0 Å². The Bertz CT molecular complexity index is 680. The fourth-order valence-corrected chi connectivity index (χ4v) is 3.09. The monoisotopic (exact) mass is 374 g/mol. The molecule has 0 saturated carbocycles. The standard InChI is InChI=1S/C20H30N4O3/c1-13(2)21-18(25)15-8-10-24(11-9-15)19(26)16-6-5-7-17(12-16)23-20(27)22-14(3)4/h5-7,12-15H,8-11H2,1-4H3,(H,21,25)(H2,22,23,27). The summed E-state index contributed by atoms with van der Waals surface area (Å²) in [4.78, 5) is 38.5. The number of nitrogens with zero attached hydrogens (tertiary/aromatic N) is 1. The average molecular weight is 374 g/mol. The van der Waals surface area contributed by atoms with Crippen LogP contribution in [0.3, 0.4) is 0 Å². The van der Waals surface area contributed by atoms with Crippen molar-refractivity contribution in [3.05, 3.63) is 29.8 Å². The van der Waals surface area contributed by atoms with Gasteiger partial charge in [-0.3, -0.25) is 9.59 Å². The second kappa shape index (κ2) is 9.39. The minimum absolute atomic E-state index is 0.0315. The Kier molecular flexibility index (Phi) is 7.21. The van der Waals surface area contributed by atoms with E-state index < -0.39 is 0 Å². The molecular weight excluding hydrogens is 344 g/mol. The Balaban J connectivity index is 1.94. The molecular formula is C20H30N4O3. The summed E-state index contributed by atoms with van der Waals surface area (Å²) in [6.07, 6.45) is 1.33. The molecule has 2 rings (SSSR count). The minimum Gasteiger partial charge on any atom is -0.354 e. The van der Waals surface area contributed by atoms with Gasteiger partial charge < -0.3 is 20.9 Å². The van der Waals surface area contributed by atoms with Crippen molar-refractivity contribution < 1.29 is 14.4 Å². The zero-order valence-corrected chi connectivity index (χ0v) is 16.5. The highest BCUT2D eigenvalue weighted by Crippen LogP contribution is 2.20. The molecule has 4 amide bonds. The molecule has 0 spiro atoms. The molecule has 1 fully saturated rings. The van der Waals surface area contributed by atoms with Gasteiger partial charge in [-0.2, -0.15) is 0 Å². The Morgan fingerprint density at radius 3 is 2.22 bits per heavy atom. The summed E-state index contributed by atoms with van der Waals surface area (Å²) >= 11 is 0. The maximum absolute atomic E-state index is 12.8. The smallest absolute Gasteiger partial charge is 0.319 e. The maximum Gasteiger partial charge on any atom is 0.319 e. The van der Waals surface area contributed by atoms with Gasteiger partial charge in [-0.1, -0.05) is 6.07 Å². The summed E-state index contributed by atoms with van der Waals surface area (Å²) in [5.74, 6) is -0.0470. The van der Waals surface area contributed by atoms with Gasteiger partial charge >= 0.3 is 6.03 Å². The third kappa shape index (κ3) is 6.27. The molecule has 1 aromatic carbocycles. The number of anilines is 1. The number of rotatable bonds is 5. The Labute approximate surface area is 160 Å². The van der Waals surface area contributed by atoms with Crippen molar-refractivity contribution in [3.63, 3.8) is 0 Å². The van der Waals surface area contributed by atoms with Gasteiger partial charge in [0.1, 0.15) is 0 Å². The molecule has 0 atom stereocenters. The number of urea groups is 1. The molecule has 0 unspecified atom stereocenters. The first-order chi connectivity index (χ1) is 12.8. The number of piperidine rings is 1. The largest absolute Gasteiger partial charge is 0.354 e. The number of carbonyl (C=O) groups is 3. The molecule has 1 aliphatic heterocycles. The van der Waals surface area contributed by atoms with Gasteiger partial charge in [0.05, 0.1) is 0 Å². The predicted molar refractivity (Wildman–Crippen MR) is 106 cm³/mol. The Morgan fingerprint density at radius 2 is 1.63 bits per heavy atom. The van der Waals surface area contributed by atoms with Crippen molar-refractivity contribution in [2.75, 3.05) is 18.4 Å². The van der Waals surface area contributed by atoms with E-state index in [1.807, 2.05) is 27.7 Å². The minimum atomic E-state index is -0.299. The van der Waals surface area contributed by atoms with Gasteiger partial charge in [-0.15, -0.1) is 0 Å². The van der Waals surface area contributed by atoms with E-state index in [2.05, 4.69) is 16.0 Å². The topological polar surface area (TPSA) is 90.5 Å². The van der Waals surface area contributed by atoms with Crippen LogP contribution in [0.4, 0.5) is 10.5 Å². The summed E-state index contributed by atoms with van der Waals surface area (Å²) in [5.41, 5.74) is 1.10. The van der Waals surface area contributed by atoms with Crippen LogP contribution in [-0.2, 0) is 4.79 Å². The molecule has 3 N–H and O–H groups in total. The van der Waals surface area contributed by atoms with Crippen LogP contribution in [0.5, 0.6) is 0 Å². The highest BCUT2D eigenvalue weighted by Gasteiger charge is 2.28. The Morgan fingerprint density at radius 1 is 1.00 bits per heavy atom. The van der Waals surface area contributed by atoms with E-state index in [-0.39, 0.29) is 35.8 Å². The molecule has 1 aliphatic rings. The van der Waals surface area contributed by atoms with Crippen LogP contribution in [0.1, 0.15) is 50.9 Å². The highest BCUT2D eigenvalue weighted by atomic mass is 16.2. The number of amides is 4.